The molecule has 5 nitrogen and oxygen atoms in total. The maximum atomic E-state index is 12.6. The fraction of sp³-hybridized carbons (Fsp3) is 0.350. The Balaban J connectivity index is 2.34. The van der Waals surface area contributed by atoms with Crippen LogP contribution in [0.3, 0.4) is 0 Å². The summed E-state index contributed by atoms with van der Waals surface area (Å²) in [5.74, 6) is -0.292. The predicted octanol–water partition coefficient (Wildman–Crippen LogP) is 3.23. The average Bonchev–Trinajstić information content (AvgIpc) is 2.87. The fourth-order valence-electron chi connectivity index (χ4n) is 2.79. The van der Waals surface area contributed by atoms with Crippen LogP contribution in [0.25, 0.3) is 6.08 Å². The van der Waals surface area contributed by atoms with Crippen LogP contribution in [0.2, 0.25) is 0 Å². The number of hydrogen-bond acceptors (Lipinski definition) is 4. The molecule has 0 amide bonds. The summed E-state index contributed by atoms with van der Waals surface area (Å²) in [6.45, 7) is 6.16. The zero-order chi connectivity index (χ0) is 18.4. The van der Waals surface area contributed by atoms with Crippen LogP contribution in [0, 0.1) is 25.2 Å². The quantitative estimate of drug-likeness (QED) is 0.478. The van der Waals surface area contributed by atoms with E-state index in [9.17, 15) is 10.1 Å². The molecule has 5 heteroatoms. The number of nitrogens with zero attached hydrogens (tertiary/aromatic N) is 3. The lowest BCUT2D eigenvalue weighted by Gasteiger charge is -2.03. The van der Waals surface area contributed by atoms with Gasteiger partial charge in [-0.1, -0.05) is 37.6 Å². The number of allylic oxidation sites excluding steroid dienone is 1. The van der Waals surface area contributed by atoms with Crippen molar-refractivity contribution in [1.29, 1.82) is 5.26 Å². The molecule has 0 aliphatic carbocycles. The van der Waals surface area contributed by atoms with Crippen LogP contribution < -0.4 is 0 Å². The molecule has 0 aliphatic rings. The fourth-order valence-corrected chi connectivity index (χ4v) is 2.79. The van der Waals surface area contributed by atoms with Gasteiger partial charge in [-0.2, -0.15) is 10.4 Å². The molecule has 25 heavy (non-hydrogen) atoms. The van der Waals surface area contributed by atoms with Gasteiger partial charge in [0.15, 0.2) is 0 Å². The Morgan fingerprint density at radius 3 is 2.56 bits per heavy atom. The van der Waals surface area contributed by atoms with Crippen molar-refractivity contribution >= 4 is 11.9 Å². The van der Waals surface area contributed by atoms with E-state index in [-0.39, 0.29) is 18.0 Å². The zero-order valence-electron chi connectivity index (χ0n) is 14.9. The number of Topliss-reactive ketones (excluding diaryl/α,β-unsaturated/α-hetero) is 1. The number of carbonyl (C=O) groups is 1. The Hall–Kier alpha value is -2.71. The van der Waals surface area contributed by atoms with Crippen LogP contribution in [0.4, 0.5) is 0 Å². The van der Waals surface area contributed by atoms with Gasteiger partial charge in [0.1, 0.15) is 11.6 Å². The van der Waals surface area contributed by atoms with Gasteiger partial charge < -0.3 is 5.11 Å². The molecule has 1 aromatic heterocycles. The average molecular weight is 337 g/mol. The molecular weight excluding hydrogens is 314 g/mol. The van der Waals surface area contributed by atoms with E-state index < -0.39 is 0 Å². The molecule has 0 fully saturated rings. The second kappa shape index (κ2) is 8.41. The van der Waals surface area contributed by atoms with Crippen molar-refractivity contribution in [2.45, 2.75) is 40.2 Å². The number of aliphatic hydroxyl groups is 1. The minimum atomic E-state index is -0.292. The SMILES string of the molecule is CCCc1ccc(C(=O)/C(C#N)=C/c2c(C)nn(CCO)c2C)cc1. The number of aryl methyl sites for hydroxylation is 2. The molecule has 1 heterocycles. The summed E-state index contributed by atoms with van der Waals surface area (Å²) >= 11 is 0. The standard InChI is InChI=1S/C20H23N3O2/c1-4-5-16-6-8-17(9-7-16)20(25)18(13-21)12-19-14(2)22-23(10-11-24)15(19)3/h6-9,12,24H,4-5,10-11H2,1-3H3/b18-12+. The highest BCUT2D eigenvalue weighted by molar-refractivity contribution is 6.14. The van der Waals surface area contributed by atoms with E-state index >= 15 is 0 Å². The van der Waals surface area contributed by atoms with Crippen LogP contribution in [-0.4, -0.2) is 27.3 Å². The van der Waals surface area contributed by atoms with E-state index in [0.717, 1.165) is 29.8 Å². The number of ketones is 1. The van der Waals surface area contributed by atoms with E-state index in [1.165, 1.54) is 5.56 Å². The third kappa shape index (κ3) is 4.23. The molecule has 0 atom stereocenters. The molecular formula is C20H23N3O2. The first-order chi connectivity index (χ1) is 12.0. The Morgan fingerprint density at radius 2 is 2.00 bits per heavy atom. The molecule has 0 saturated carbocycles. The highest BCUT2D eigenvalue weighted by Gasteiger charge is 2.16. The lowest BCUT2D eigenvalue weighted by molar-refractivity contribution is 0.104. The maximum absolute atomic E-state index is 12.6. The molecule has 0 aliphatic heterocycles. The number of rotatable bonds is 7. The smallest absolute Gasteiger partial charge is 0.203 e. The van der Waals surface area contributed by atoms with Crippen LogP contribution in [0.1, 0.15) is 46.2 Å². The molecule has 0 radical (unpaired) electrons. The van der Waals surface area contributed by atoms with Crippen molar-refractivity contribution in [2.24, 2.45) is 0 Å². The third-order valence-corrected chi connectivity index (χ3v) is 4.16. The van der Waals surface area contributed by atoms with Gasteiger partial charge in [0.2, 0.25) is 5.78 Å². The first-order valence-corrected chi connectivity index (χ1v) is 8.42. The molecule has 0 spiro atoms. The predicted molar refractivity (Wildman–Crippen MR) is 97.1 cm³/mol. The van der Waals surface area contributed by atoms with Crippen LogP contribution in [-0.2, 0) is 13.0 Å². The summed E-state index contributed by atoms with van der Waals surface area (Å²) in [6.07, 6.45) is 3.61. The largest absolute Gasteiger partial charge is 0.394 e. The maximum Gasteiger partial charge on any atom is 0.203 e. The number of aromatic nitrogens is 2. The topological polar surface area (TPSA) is 78.9 Å². The zero-order valence-corrected chi connectivity index (χ0v) is 14.9. The first-order valence-electron chi connectivity index (χ1n) is 8.42. The van der Waals surface area contributed by atoms with Gasteiger partial charge in [0.25, 0.3) is 0 Å². The van der Waals surface area contributed by atoms with Gasteiger partial charge in [-0.3, -0.25) is 9.48 Å². The highest BCUT2D eigenvalue weighted by Crippen LogP contribution is 2.19. The highest BCUT2D eigenvalue weighted by atomic mass is 16.3. The van der Waals surface area contributed by atoms with Gasteiger partial charge in [-0.15, -0.1) is 0 Å². The molecule has 0 unspecified atom stereocenters. The van der Waals surface area contributed by atoms with Gasteiger partial charge in [-0.05, 0) is 31.9 Å². The Kier molecular flexibility index (Phi) is 6.26. The minimum Gasteiger partial charge on any atom is -0.394 e. The lowest BCUT2D eigenvalue weighted by atomic mass is 9.99. The molecule has 2 aromatic rings. The lowest BCUT2D eigenvalue weighted by Crippen LogP contribution is -2.06. The molecule has 1 aromatic carbocycles. The van der Waals surface area contributed by atoms with Crippen molar-refractivity contribution in [3.8, 4) is 6.07 Å². The molecule has 0 saturated heterocycles. The molecule has 130 valence electrons. The summed E-state index contributed by atoms with van der Waals surface area (Å²) in [4.78, 5) is 12.6. The third-order valence-electron chi connectivity index (χ3n) is 4.16. The van der Waals surface area contributed by atoms with Gasteiger partial charge in [0.05, 0.1) is 18.8 Å². The normalized spacial score (nSPS) is 11.4. The van der Waals surface area contributed by atoms with Crippen molar-refractivity contribution in [1.82, 2.24) is 9.78 Å². The number of aliphatic hydroxyl groups excluding tert-OH is 1. The van der Waals surface area contributed by atoms with E-state index in [1.807, 2.05) is 32.0 Å². The first kappa shape index (κ1) is 18.6. The molecule has 1 N–H and O–H groups in total. The number of nitriles is 1. The monoisotopic (exact) mass is 337 g/mol. The second-order valence-corrected chi connectivity index (χ2v) is 5.98. The number of benzene rings is 1. The molecule has 0 bridgehead atoms. The van der Waals surface area contributed by atoms with E-state index in [4.69, 9.17) is 5.11 Å². The number of carbonyl (C=O) groups excluding carboxylic acids is 1. The van der Waals surface area contributed by atoms with Gasteiger partial charge in [0, 0.05) is 16.8 Å². The van der Waals surface area contributed by atoms with E-state index in [1.54, 1.807) is 22.9 Å². The second-order valence-electron chi connectivity index (χ2n) is 5.98. The van der Waals surface area contributed by atoms with Crippen LogP contribution >= 0.6 is 0 Å². The summed E-state index contributed by atoms with van der Waals surface area (Å²) in [7, 11) is 0. The molecule has 2 rings (SSSR count). The number of hydrogen-bond donors (Lipinski definition) is 1. The van der Waals surface area contributed by atoms with Crippen molar-refractivity contribution in [3.05, 3.63) is 57.9 Å². The summed E-state index contributed by atoms with van der Waals surface area (Å²) in [6, 6.07) is 9.42. The van der Waals surface area contributed by atoms with E-state index in [2.05, 4.69) is 12.0 Å². The van der Waals surface area contributed by atoms with Crippen LogP contribution in [0.5, 0.6) is 0 Å². The minimum absolute atomic E-state index is 0.0146. The summed E-state index contributed by atoms with van der Waals surface area (Å²) < 4.78 is 1.68. The summed E-state index contributed by atoms with van der Waals surface area (Å²) in [5.41, 5.74) is 4.07. The van der Waals surface area contributed by atoms with Crippen LogP contribution in [0.15, 0.2) is 29.8 Å². The summed E-state index contributed by atoms with van der Waals surface area (Å²) in [5, 5.41) is 22.9. The van der Waals surface area contributed by atoms with Crippen molar-refractivity contribution in [2.75, 3.05) is 6.61 Å². The van der Waals surface area contributed by atoms with Gasteiger partial charge in [-0.25, -0.2) is 0 Å². The van der Waals surface area contributed by atoms with E-state index in [0.29, 0.717) is 12.1 Å². The Morgan fingerprint density at radius 1 is 1.32 bits per heavy atom. The Labute approximate surface area is 148 Å². The van der Waals surface area contributed by atoms with Crippen molar-refractivity contribution < 1.29 is 9.90 Å². The Bertz CT molecular complexity index is 824. The van der Waals surface area contributed by atoms with Crippen molar-refractivity contribution in [3.63, 3.8) is 0 Å². The van der Waals surface area contributed by atoms with Gasteiger partial charge >= 0.3 is 0 Å².